The zero-order valence-electron chi connectivity index (χ0n) is 14.5. The lowest BCUT2D eigenvalue weighted by atomic mass is 10.3. The van der Waals surface area contributed by atoms with Crippen LogP contribution in [0.3, 0.4) is 0 Å². The summed E-state index contributed by atoms with van der Waals surface area (Å²) in [5.74, 6) is 0. The molecular formula is C17H22N2O4S2. The second kappa shape index (κ2) is 7.55. The Bertz CT molecular complexity index is 924. The first-order valence-corrected chi connectivity index (χ1v) is 11.0. The van der Waals surface area contributed by atoms with Crippen molar-refractivity contribution >= 4 is 25.5 Å². The van der Waals surface area contributed by atoms with E-state index in [1.807, 2.05) is 25.1 Å². The van der Waals surface area contributed by atoms with Gasteiger partial charge in [-0.3, -0.25) is 4.31 Å². The van der Waals surface area contributed by atoms with E-state index in [4.69, 9.17) is 0 Å². The van der Waals surface area contributed by atoms with Gasteiger partial charge in [0, 0.05) is 19.3 Å². The molecule has 0 aliphatic heterocycles. The molecule has 136 valence electrons. The second-order valence-electron chi connectivity index (χ2n) is 5.96. The van der Waals surface area contributed by atoms with E-state index in [0.717, 1.165) is 6.26 Å². The minimum Gasteiger partial charge on any atom is -0.308 e. The Morgan fingerprint density at radius 3 is 1.96 bits per heavy atom. The maximum absolute atomic E-state index is 13.1. The average molecular weight is 383 g/mol. The van der Waals surface area contributed by atoms with Crippen LogP contribution in [0.25, 0.3) is 0 Å². The molecule has 0 saturated carbocycles. The highest BCUT2D eigenvalue weighted by Crippen LogP contribution is 2.25. The van der Waals surface area contributed by atoms with Crippen LogP contribution >= 0.6 is 0 Å². The van der Waals surface area contributed by atoms with Gasteiger partial charge in [0.15, 0.2) is 9.84 Å². The monoisotopic (exact) mass is 382 g/mol. The maximum atomic E-state index is 13.1. The van der Waals surface area contributed by atoms with E-state index < -0.39 is 19.9 Å². The first kappa shape index (κ1) is 19.4. The first-order valence-electron chi connectivity index (χ1n) is 7.65. The summed E-state index contributed by atoms with van der Waals surface area (Å²) in [6.45, 7) is 0.780. The molecule has 0 N–H and O–H groups in total. The number of rotatable bonds is 7. The van der Waals surface area contributed by atoms with Gasteiger partial charge in [0.1, 0.15) is 0 Å². The van der Waals surface area contributed by atoms with E-state index in [-0.39, 0.29) is 16.3 Å². The van der Waals surface area contributed by atoms with Gasteiger partial charge in [-0.15, -0.1) is 0 Å². The highest BCUT2D eigenvalue weighted by Gasteiger charge is 2.26. The number of sulfone groups is 1. The first-order chi connectivity index (χ1) is 11.6. The summed E-state index contributed by atoms with van der Waals surface area (Å²) in [4.78, 5) is 1.82. The third-order valence-corrected chi connectivity index (χ3v) is 6.55. The van der Waals surface area contributed by atoms with Crippen molar-refractivity contribution in [3.8, 4) is 0 Å². The van der Waals surface area contributed by atoms with Gasteiger partial charge in [-0.1, -0.05) is 24.3 Å². The predicted octanol–water partition coefficient (Wildman–Crippen LogP) is 1.85. The molecule has 8 heteroatoms. The predicted molar refractivity (Wildman–Crippen MR) is 99.1 cm³/mol. The third-order valence-electron chi connectivity index (χ3n) is 3.62. The van der Waals surface area contributed by atoms with Gasteiger partial charge in [0.25, 0.3) is 10.0 Å². The maximum Gasteiger partial charge on any atom is 0.264 e. The molecule has 0 fully saturated rings. The van der Waals surface area contributed by atoms with Crippen LogP contribution < -0.4 is 4.31 Å². The molecule has 2 aromatic carbocycles. The molecule has 0 unspecified atom stereocenters. The van der Waals surface area contributed by atoms with Crippen LogP contribution in [0.4, 0.5) is 5.69 Å². The van der Waals surface area contributed by atoms with Gasteiger partial charge in [-0.05, 0) is 44.4 Å². The van der Waals surface area contributed by atoms with Gasteiger partial charge < -0.3 is 4.90 Å². The highest BCUT2D eigenvalue weighted by molar-refractivity contribution is 7.93. The molecule has 2 aromatic rings. The van der Waals surface area contributed by atoms with Crippen molar-refractivity contribution < 1.29 is 16.8 Å². The lowest BCUT2D eigenvalue weighted by Crippen LogP contribution is -2.36. The van der Waals surface area contributed by atoms with Crippen molar-refractivity contribution in [3.63, 3.8) is 0 Å². The minimum absolute atomic E-state index is 0.0193. The van der Waals surface area contributed by atoms with E-state index in [1.54, 1.807) is 24.3 Å². The van der Waals surface area contributed by atoms with E-state index in [1.165, 1.54) is 28.6 Å². The van der Waals surface area contributed by atoms with Crippen LogP contribution in [0.5, 0.6) is 0 Å². The topological polar surface area (TPSA) is 74.8 Å². The Labute approximate surface area is 149 Å². The van der Waals surface area contributed by atoms with Crippen molar-refractivity contribution in [1.82, 2.24) is 4.90 Å². The standard InChI is InChI=1S/C17H22N2O4S2/c1-18(2)12-13-19(15-8-5-4-6-9-15)25(22,23)17-11-7-10-16(14-17)24(3,20)21/h4-11,14H,12-13H2,1-3H3. The van der Waals surface area contributed by atoms with Crippen molar-refractivity contribution in [2.24, 2.45) is 0 Å². The summed E-state index contributed by atoms with van der Waals surface area (Å²) >= 11 is 0. The van der Waals surface area contributed by atoms with Crippen LogP contribution in [0, 0.1) is 0 Å². The fraction of sp³-hybridized carbons (Fsp3) is 0.294. The zero-order chi connectivity index (χ0) is 18.7. The van der Waals surface area contributed by atoms with E-state index in [0.29, 0.717) is 12.2 Å². The van der Waals surface area contributed by atoms with Crippen molar-refractivity contribution in [2.75, 3.05) is 37.7 Å². The highest BCUT2D eigenvalue weighted by atomic mass is 32.2. The molecule has 0 aliphatic rings. The molecule has 0 aromatic heterocycles. The summed E-state index contributed by atoms with van der Waals surface area (Å²) in [6.07, 6.45) is 1.06. The average Bonchev–Trinajstić information content (AvgIpc) is 2.55. The number of hydrogen-bond donors (Lipinski definition) is 0. The molecule has 0 aliphatic carbocycles. The van der Waals surface area contributed by atoms with Crippen LogP contribution in [-0.4, -0.2) is 55.2 Å². The Kier molecular flexibility index (Phi) is 5.87. The molecule has 0 amide bonds. The van der Waals surface area contributed by atoms with E-state index in [2.05, 4.69) is 0 Å². The van der Waals surface area contributed by atoms with E-state index in [9.17, 15) is 16.8 Å². The Hall–Kier alpha value is -1.90. The van der Waals surface area contributed by atoms with Crippen molar-refractivity contribution in [1.29, 1.82) is 0 Å². The van der Waals surface area contributed by atoms with Gasteiger partial charge in [0.2, 0.25) is 0 Å². The molecule has 0 saturated heterocycles. The molecule has 2 rings (SSSR count). The Balaban J connectivity index is 2.52. The number of anilines is 1. The zero-order valence-corrected chi connectivity index (χ0v) is 16.1. The lowest BCUT2D eigenvalue weighted by molar-refractivity contribution is 0.419. The van der Waals surface area contributed by atoms with Gasteiger partial charge in [-0.2, -0.15) is 0 Å². The minimum atomic E-state index is -3.89. The van der Waals surface area contributed by atoms with Gasteiger partial charge in [0.05, 0.1) is 15.5 Å². The number of benzene rings is 2. The third kappa shape index (κ3) is 4.81. The van der Waals surface area contributed by atoms with Crippen LogP contribution in [-0.2, 0) is 19.9 Å². The summed E-state index contributed by atoms with van der Waals surface area (Å²) in [5.41, 5.74) is 0.536. The smallest absolute Gasteiger partial charge is 0.264 e. The fourth-order valence-electron chi connectivity index (χ4n) is 2.27. The summed E-state index contributed by atoms with van der Waals surface area (Å²) in [5, 5.41) is 0. The number of hydrogen-bond acceptors (Lipinski definition) is 5. The second-order valence-corrected chi connectivity index (χ2v) is 9.84. The summed E-state index contributed by atoms with van der Waals surface area (Å²) in [7, 11) is -3.66. The molecule has 0 atom stereocenters. The SMILES string of the molecule is CN(C)CCN(c1ccccc1)S(=O)(=O)c1cccc(S(C)(=O)=O)c1. The molecular weight excluding hydrogens is 360 g/mol. The van der Waals surface area contributed by atoms with Crippen molar-refractivity contribution in [2.45, 2.75) is 9.79 Å². The normalized spacial score (nSPS) is 12.3. The quantitative estimate of drug-likeness (QED) is 0.731. The molecule has 0 bridgehead atoms. The molecule has 0 heterocycles. The van der Waals surface area contributed by atoms with Crippen LogP contribution in [0.2, 0.25) is 0 Å². The van der Waals surface area contributed by atoms with E-state index >= 15 is 0 Å². The number of nitrogens with zero attached hydrogens (tertiary/aromatic N) is 2. The van der Waals surface area contributed by atoms with Crippen LogP contribution in [0.15, 0.2) is 64.4 Å². The Morgan fingerprint density at radius 2 is 1.40 bits per heavy atom. The fourth-order valence-corrected chi connectivity index (χ4v) is 4.51. The molecule has 0 spiro atoms. The number of sulfonamides is 1. The van der Waals surface area contributed by atoms with Crippen LogP contribution in [0.1, 0.15) is 0 Å². The van der Waals surface area contributed by atoms with Crippen molar-refractivity contribution in [3.05, 3.63) is 54.6 Å². The number of para-hydroxylation sites is 1. The molecule has 25 heavy (non-hydrogen) atoms. The lowest BCUT2D eigenvalue weighted by Gasteiger charge is -2.26. The van der Waals surface area contributed by atoms with Gasteiger partial charge >= 0.3 is 0 Å². The number of likely N-dealkylation sites (N-methyl/N-ethyl adjacent to an activating group) is 1. The largest absolute Gasteiger partial charge is 0.308 e. The Morgan fingerprint density at radius 1 is 0.800 bits per heavy atom. The molecule has 6 nitrogen and oxygen atoms in total. The van der Waals surface area contributed by atoms with Gasteiger partial charge in [-0.25, -0.2) is 16.8 Å². The summed E-state index contributed by atoms with van der Waals surface area (Å²) < 4.78 is 51.1. The molecule has 0 radical (unpaired) electrons. The summed E-state index contributed by atoms with van der Waals surface area (Å²) in [6, 6.07) is 14.2.